The van der Waals surface area contributed by atoms with E-state index in [1.54, 1.807) is 0 Å². The van der Waals surface area contributed by atoms with E-state index in [1.165, 1.54) is 5.56 Å². The number of alkyl halides is 3. The highest BCUT2D eigenvalue weighted by Crippen LogP contribution is 2.37. The number of piperidine rings is 1. The fourth-order valence-electron chi connectivity index (χ4n) is 4.06. The van der Waals surface area contributed by atoms with Crippen molar-refractivity contribution >= 4 is 11.8 Å². The summed E-state index contributed by atoms with van der Waals surface area (Å²) in [7, 11) is 0. The number of benzene rings is 1. The topological polar surface area (TPSA) is 98.5 Å². The summed E-state index contributed by atoms with van der Waals surface area (Å²) in [5.41, 5.74) is 1.96. The van der Waals surface area contributed by atoms with Crippen LogP contribution in [0.3, 0.4) is 0 Å². The molecule has 0 radical (unpaired) electrons. The van der Waals surface area contributed by atoms with Crippen LogP contribution in [0.1, 0.15) is 30.4 Å². The minimum absolute atomic E-state index is 0.0114. The molecule has 7 nitrogen and oxygen atoms in total. The molecular formula is C23H25F3N4O3. The van der Waals surface area contributed by atoms with Crippen LogP contribution in [0.4, 0.5) is 19.0 Å². The minimum Gasteiger partial charge on any atom is -0.475 e. The van der Waals surface area contributed by atoms with Gasteiger partial charge in [0.05, 0.1) is 29.9 Å². The molecule has 33 heavy (non-hydrogen) atoms. The highest BCUT2D eigenvalue weighted by Gasteiger charge is 2.42. The molecule has 1 unspecified atom stereocenters. The number of carboxylic acids is 1. The third-order valence-electron chi connectivity index (χ3n) is 5.70. The molecule has 3 heterocycles. The number of carbonyl (C=O) groups is 1. The number of aromatic nitrogens is 1. The van der Waals surface area contributed by atoms with Crippen LogP contribution in [-0.4, -0.2) is 58.5 Å². The van der Waals surface area contributed by atoms with E-state index in [1.807, 2.05) is 42.6 Å². The molecule has 2 saturated heterocycles. The van der Waals surface area contributed by atoms with Crippen molar-refractivity contribution in [3.8, 4) is 6.07 Å². The van der Waals surface area contributed by atoms with Gasteiger partial charge in [0.25, 0.3) is 0 Å². The molecule has 2 N–H and O–H groups in total. The van der Waals surface area contributed by atoms with Crippen LogP contribution in [0, 0.1) is 11.3 Å². The van der Waals surface area contributed by atoms with Crippen LogP contribution < -0.4 is 5.32 Å². The third kappa shape index (κ3) is 7.17. The standard InChI is InChI=1S/C21H24N4O.C2HF3O2/c22-14-17-4-3-5-18(12-17)15-25-10-7-21(8-11-25)13-19(16-26-21)24-20-6-1-2-9-23-20;3-2(4,5)1(6)7/h1-6,9,12,19H,7-8,10-11,13,15-16H2,(H,23,24);(H,6,7). The molecule has 10 heteroatoms. The van der Waals surface area contributed by atoms with Gasteiger partial charge in [0, 0.05) is 25.8 Å². The lowest BCUT2D eigenvalue weighted by molar-refractivity contribution is -0.192. The summed E-state index contributed by atoms with van der Waals surface area (Å²) >= 11 is 0. The first-order valence-corrected chi connectivity index (χ1v) is 10.5. The van der Waals surface area contributed by atoms with E-state index in [2.05, 4.69) is 27.3 Å². The summed E-state index contributed by atoms with van der Waals surface area (Å²) in [4.78, 5) is 15.7. The Bertz CT molecular complexity index is 971. The van der Waals surface area contributed by atoms with Gasteiger partial charge in [-0.1, -0.05) is 18.2 Å². The number of nitrogens with zero attached hydrogens (tertiary/aromatic N) is 3. The molecule has 0 aliphatic carbocycles. The highest BCUT2D eigenvalue weighted by atomic mass is 19.4. The summed E-state index contributed by atoms with van der Waals surface area (Å²) in [6.07, 6.45) is -0.105. The lowest BCUT2D eigenvalue weighted by Gasteiger charge is -2.38. The maximum Gasteiger partial charge on any atom is 0.490 e. The molecular weight excluding hydrogens is 437 g/mol. The monoisotopic (exact) mass is 462 g/mol. The van der Waals surface area contributed by atoms with Gasteiger partial charge in [-0.2, -0.15) is 18.4 Å². The molecule has 1 spiro atoms. The number of nitrogens with one attached hydrogen (secondary N) is 1. The molecule has 1 atom stereocenters. The summed E-state index contributed by atoms with van der Waals surface area (Å²) in [6.45, 7) is 3.72. The first-order chi connectivity index (χ1) is 15.7. The number of hydrogen-bond acceptors (Lipinski definition) is 6. The predicted octanol–water partition coefficient (Wildman–Crippen LogP) is 3.82. The summed E-state index contributed by atoms with van der Waals surface area (Å²) < 4.78 is 38.0. The molecule has 2 aliphatic rings. The summed E-state index contributed by atoms with van der Waals surface area (Å²) in [6, 6.07) is 16.4. The number of rotatable bonds is 4. The second kappa shape index (κ2) is 10.6. The Labute approximate surface area is 189 Å². The predicted molar refractivity (Wildman–Crippen MR) is 114 cm³/mol. The molecule has 4 rings (SSSR count). The maximum atomic E-state index is 10.6. The highest BCUT2D eigenvalue weighted by molar-refractivity contribution is 5.73. The van der Waals surface area contributed by atoms with Gasteiger partial charge in [-0.3, -0.25) is 4.90 Å². The van der Waals surface area contributed by atoms with Crippen LogP contribution in [-0.2, 0) is 16.1 Å². The molecule has 0 saturated carbocycles. The molecule has 2 aliphatic heterocycles. The number of aliphatic carboxylic acids is 1. The molecule has 1 aromatic carbocycles. The van der Waals surface area contributed by atoms with Gasteiger partial charge in [0.2, 0.25) is 0 Å². The van der Waals surface area contributed by atoms with Crippen LogP contribution in [0.15, 0.2) is 48.7 Å². The molecule has 1 aromatic heterocycles. The van der Waals surface area contributed by atoms with E-state index in [9.17, 15) is 13.2 Å². The Balaban J connectivity index is 0.000000383. The average molecular weight is 462 g/mol. The number of ether oxygens (including phenoxy) is 1. The van der Waals surface area contributed by atoms with Crippen LogP contribution >= 0.6 is 0 Å². The van der Waals surface area contributed by atoms with Gasteiger partial charge in [-0.25, -0.2) is 9.78 Å². The SMILES string of the molecule is N#Cc1cccc(CN2CCC3(CC2)CC(Nc2ccccn2)CO3)c1.O=C(O)C(F)(F)F. The van der Waals surface area contributed by atoms with Crippen molar-refractivity contribution in [3.63, 3.8) is 0 Å². The summed E-state index contributed by atoms with van der Waals surface area (Å²) in [5.74, 6) is -1.83. The number of pyridine rings is 1. The van der Waals surface area contributed by atoms with Crippen molar-refractivity contribution in [1.29, 1.82) is 5.26 Å². The number of hydrogen-bond donors (Lipinski definition) is 2. The van der Waals surface area contributed by atoms with Crippen LogP contribution in [0.2, 0.25) is 0 Å². The van der Waals surface area contributed by atoms with Gasteiger partial charge >= 0.3 is 12.1 Å². The molecule has 2 aromatic rings. The molecule has 0 amide bonds. The Morgan fingerprint density at radius 1 is 1.27 bits per heavy atom. The maximum absolute atomic E-state index is 10.6. The number of likely N-dealkylation sites (tertiary alicyclic amines) is 1. The van der Waals surface area contributed by atoms with Gasteiger partial charge in [0.1, 0.15) is 5.82 Å². The zero-order valence-corrected chi connectivity index (χ0v) is 17.9. The average Bonchev–Trinajstić information content (AvgIpc) is 3.18. The van der Waals surface area contributed by atoms with E-state index in [4.69, 9.17) is 19.9 Å². The van der Waals surface area contributed by atoms with E-state index < -0.39 is 12.1 Å². The van der Waals surface area contributed by atoms with Crippen molar-refractivity contribution in [3.05, 3.63) is 59.8 Å². The second-order valence-electron chi connectivity index (χ2n) is 8.15. The molecule has 0 bridgehead atoms. The minimum atomic E-state index is -5.08. The number of carboxylic acid groups (broad SMARTS) is 1. The first-order valence-electron chi connectivity index (χ1n) is 10.5. The lowest BCUT2D eigenvalue weighted by atomic mass is 9.87. The summed E-state index contributed by atoms with van der Waals surface area (Å²) in [5, 5.41) is 19.7. The quantitative estimate of drug-likeness (QED) is 0.713. The fourth-order valence-corrected chi connectivity index (χ4v) is 4.06. The van der Waals surface area contributed by atoms with Crippen molar-refractivity contribution in [2.45, 2.75) is 43.6 Å². The van der Waals surface area contributed by atoms with E-state index in [0.29, 0.717) is 6.04 Å². The number of halogens is 3. The van der Waals surface area contributed by atoms with Crippen molar-refractivity contribution in [2.75, 3.05) is 25.0 Å². The lowest BCUT2D eigenvalue weighted by Crippen LogP contribution is -2.44. The van der Waals surface area contributed by atoms with Gasteiger partial charge in [-0.05, 0) is 49.1 Å². The van der Waals surface area contributed by atoms with Gasteiger partial charge in [-0.15, -0.1) is 0 Å². The zero-order valence-electron chi connectivity index (χ0n) is 17.9. The Hall–Kier alpha value is -3.16. The van der Waals surface area contributed by atoms with Crippen LogP contribution in [0.25, 0.3) is 0 Å². The normalized spacial score (nSPS) is 19.9. The van der Waals surface area contributed by atoms with E-state index in [0.717, 1.165) is 56.9 Å². The largest absolute Gasteiger partial charge is 0.490 e. The smallest absolute Gasteiger partial charge is 0.475 e. The Morgan fingerprint density at radius 3 is 2.61 bits per heavy atom. The molecule has 176 valence electrons. The number of nitriles is 1. The van der Waals surface area contributed by atoms with Crippen molar-refractivity contribution in [1.82, 2.24) is 9.88 Å². The zero-order chi connectivity index (χ0) is 23.9. The van der Waals surface area contributed by atoms with E-state index >= 15 is 0 Å². The first kappa shape index (κ1) is 24.5. The second-order valence-corrected chi connectivity index (χ2v) is 8.15. The third-order valence-corrected chi connectivity index (χ3v) is 5.70. The van der Waals surface area contributed by atoms with Gasteiger partial charge in [0.15, 0.2) is 0 Å². The van der Waals surface area contributed by atoms with E-state index in [-0.39, 0.29) is 5.60 Å². The van der Waals surface area contributed by atoms with Crippen LogP contribution in [0.5, 0.6) is 0 Å². The Kier molecular flexibility index (Phi) is 7.89. The molecule has 2 fully saturated rings. The fraction of sp³-hybridized carbons (Fsp3) is 0.435. The van der Waals surface area contributed by atoms with Crippen molar-refractivity contribution < 1.29 is 27.8 Å². The van der Waals surface area contributed by atoms with Crippen molar-refractivity contribution in [2.24, 2.45) is 0 Å². The number of anilines is 1. The van der Waals surface area contributed by atoms with Gasteiger partial charge < -0.3 is 15.2 Å². The Morgan fingerprint density at radius 2 is 2.00 bits per heavy atom.